The number of aromatic hydroxyl groups is 1. The predicted octanol–water partition coefficient (Wildman–Crippen LogP) is 5.03. The third-order valence-corrected chi connectivity index (χ3v) is 4.70. The van der Waals surface area contributed by atoms with Crippen molar-refractivity contribution in [1.82, 2.24) is 4.57 Å². The zero-order chi connectivity index (χ0) is 19.7. The number of ether oxygens (including phenoxy) is 1. The Balaban J connectivity index is 1.51. The first kappa shape index (κ1) is 17.7. The van der Waals surface area contributed by atoms with Gasteiger partial charge in [0.05, 0.1) is 5.52 Å². The summed E-state index contributed by atoms with van der Waals surface area (Å²) in [4.78, 5) is 12.1. The third kappa shape index (κ3) is 3.20. The smallest absolute Gasteiger partial charge is 0.302 e. The molecule has 4 aromatic rings. The SMILES string of the molecule is Cc1cccc2c(N=NC(=O)COc3ccc4ccccc4c3)c(O)n(C)c12. The molecule has 1 aromatic heterocycles. The summed E-state index contributed by atoms with van der Waals surface area (Å²) >= 11 is 0. The van der Waals surface area contributed by atoms with Crippen LogP contribution in [0.5, 0.6) is 11.6 Å². The van der Waals surface area contributed by atoms with Crippen LogP contribution in [-0.4, -0.2) is 22.2 Å². The van der Waals surface area contributed by atoms with E-state index in [4.69, 9.17) is 4.74 Å². The number of fused-ring (bicyclic) bond motifs is 2. The summed E-state index contributed by atoms with van der Waals surface area (Å²) < 4.78 is 7.17. The lowest BCUT2D eigenvalue weighted by Gasteiger charge is -2.04. The van der Waals surface area contributed by atoms with Crippen LogP contribution in [-0.2, 0) is 11.8 Å². The molecular formula is C22H19N3O3. The fourth-order valence-electron chi connectivity index (χ4n) is 3.32. The normalized spacial score (nSPS) is 11.5. The second-order valence-corrected chi connectivity index (χ2v) is 6.59. The minimum Gasteiger partial charge on any atom is -0.493 e. The topological polar surface area (TPSA) is 76.2 Å². The second kappa shape index (κ2) is 7.15. The highest BCUT2D eigenvalue weighted by Crippen LogP contribution is 2.39. The zero-order valence-electron chi connectivity index (χ0n) is 15.6. The van der Waals surface area contributed by atoms with Crippen molar-refractivity contribution in [2.45, 2.75) is 6.92 Å². The van der Waals surface area contributed by atoms with Crippen LogP contribution >= 0.6 is 0 Å². The maximum absolute atomic E-state index is 12.1. The van der Waals surface area contributed by atoms with Crippen molar-refractivity contribution >= 4 is 33.3 Å². The van der Waals surface area contributed by atoms with Crippen LogP contribution < -0.4 is 4.74 Å². The first-order valence-electron chi connectivity index (χ1n) is 8.88. The lowest BCUT2D eigenvalue weighted by atomic mass is 10.1. The van der Waals surface area contributed by atoms with E-state index in [1.54, 1.807) is 11.6 Å². The molecule has 6 heteroatoms. The Labute approximate surface area is 161 Å². The van der Waals surface area contributed by atoms with E-state index >= 15 is 0 Å². The molecule has 0 saturated carbocycles. The molecule has 140 valence electrons. The standard InChI is InChI=1S/C22H19N3O3/c1-14-6-5-9-18-20(22(27)25(2)21(14)18)24-23-19(26)13-28-17-11-10-15-7-3-4-8-16(15)12-17/h3-12,27H,13H2,1-2H3. The Bertz CT molecular complexity index is 1220. The van der Waals surface area contributed by atoms with Gasteiger partial charge in [0.2, 0.25) is 5.88 Å². The molecule has 0 bridgehead atoms. The van der Waals surface area contributed by atoms with Crippen LogP contribution in [0.15, 0.2) is 70.9 Å². The lowest BCUT2D eigenvalue weighted by Crippen LogP contribution is -2.07. The van der Waals surface area contributed by atoms with Gasteiger partial charge in [-0.05, 0) is 35.4 Å². The summed E-state index contributed by atoms with van der Waals surface area (Å²) in [5.41, 5.74) is 2.14. The van der Waals surface area contributed by atoms with Crippen molar-refractivity contribution in [2.24, 2.45) is 17.3 Å². The van der Waals surface area contributed by atoms with Gasteiger partial charge in [-0.3, -0.25) is 4.79 Å². The van der Waals surface area contributed by atoms with Crippen molar-refractivity contribution in [3.8, 4) is 11.6 Å². The van der Waals surface area contributed by atoms with Gasteiger partial charge in [0, 0.05) is 12.4 Å². The summed E-state index contributed by atoms with van der Waals surface area (Å²) in [7, 11) is 1.74. The molecule has 1 N–H and O–H groups in total. The van der Waals surface area contributed by atoms with E-state index in [1.807, 2.05) is 67.6 Å². The van der Waals surface area contributed by atoms with Crippen LogP contribution in [0.1, 0.15) is 5.56 Å². The molecule has 0 spiro atoms. The van der Waals surface area contributed by atoms with E-state index in [1.165, 1.54) is 0 Å². The van der Waals surface area contributed by atoms with Crippen molar-refractivity contribution in [3.05, 3.63) is 66.2 Å². The van der Waals surface area contributed by atoms with Gasteiger partial charge in [0.1, 0.15) is 5.75 Å². The number of aromatic nitrogens is 1. The quantitative estimate of drug-likeness (QED) is 0.510. The van der Waals surface area contributed by atoms with Gasteiger partial charge in [-0.1, -0.05) is 48.5 Å². The number of hydrogen-bond donors (Lipinski definition) is 1. The number of nitrogens with zero attached hydrogens (tertiary/aromatic N) is 3. The minimum absolute atomic E-state index is 0.0312. The lowest BCUT2D eigenvalue weighted by molar-refractivity contribution is -0.120. The highest BCUT2D eigenvalue weighted by atomic mass is 16.5. The first-order chi connectivity index (χ1) is 13.5. The first-order valence-corrected chi connectivity index (χ1v) is 8.88. The molecule has 6 nitrogen and oxygen atoms in total. The van der Waals surface area contributed by atoms with Crippen molar-refractivity contribution in [2.75, 3.05) is 6.61 Å². The van der Waals surface area contributed by atoms with E-state index in [0.29, 0.717) is 5.75 Å². The molecular weight excluding hydrogens is 354 g/mol. The molecule has 0 fully saturated rings. The van der Waals surface area contributed by atoms with Gasteiger partial charge in [0.25, 0.3) is 0 Å². The van der Waals surface area contributed by atoms with E-state index in [0.717, 1.165) is 27.2 Å². The number of benzene rings is 3. The van der Waals surface area contributed by atoms with E-state index in [2.05, 4.69) is 10.2 Å². The van der Waals surface area contributed by atoms with Gasteiger partial charge in [-0.15, -0.1) is 10.2 Å². The van der Waals surface area contributed by atoms with Crippen molar-refractivity contribution in [3.63, 3.8) is 0 Å². The molecule has 1 heterocycles. The fourth-order valence-corrected chi connectivity index (χ4v) is 3.32. The van der Waals surface area contributed by atoms with Crippen LogP contribution in [0.25, 0.3) is 21.7 Å². The molecule has 0 aliphatic carbocycles. The number of azo groups is 1. The Morgan fingerprint density at radius 1 is 1.07 bits per heavy atom. The minimum atomic E-state index is -0.530. The van der Waals surface area contributed by atoms with Gasteiger partial charge >= 0.3 is 5.91 Å². The Morgan fingerprint density at radius 2 is 1.86 bits per heavy atom. The van der Waals surface area contributed by atoms with Crippen molar-refractivity contribution < 1.29 is 14.6 Å². The van der Waals surface area contributed by atoms with E-state index in [-0.39, 0.29) is 18.2 Å². The Kier molecular flexibility index (Phi) is 4.53. The highest BCUT2D eigenvalue weighted by Gasteiger charge is 2.16. The zero-order valence-corrected chi connectivity index (χ0v) is 15.6. The maximum Gasteiger partial charge on any atom is 0.302 e. The fraction of sp³-hybridized carbons (Fsp3) is 0.136. The number of para-hydroxylation sites is 1. The number of hydrogen-bond acceptors (Lipinski definition) is 4. The summed E-state index contributed by atoms with van der Waals surface area (Å²) in [5.74, 6) is 0.0272. The van der Waals surface area contributed by atoms with Crippen molar-refractivity contribution in [1.29, 1.82) is 0 Å². The average Bonchev–Trinajstić information content (AvgIpc) is 2.96. The van der Waals surface area contributed by atoms with E-state index in [9.17, 15) is 9.90 Å². The molecule has 28 heavy (non-hydrogen) atoms. The van der Waals surface area contributed by atoms with Crippen LogP contribution in [0.2, 0.25) is 0 Å². The van der Waals surface area contributed by atoms with Crippen LogP contribution in [0.4, 0.5) is 5.69 Å². The Morgan fingerprint density at radius 3 is 2.68 bits per heavy atom. The number of carbonyl (C=O) groups is 1. The van der Waals surface area contributed by atoms with Gasteiger partial charge in [-0.25, -0.2) is 0 Å². The highest BCUT2D eigenvalue weighted by molar-refractivity contribution is 5.97. The molecule has 0 atom stereocenters. The number of rotatable bonds is 4. The Hall–Kier alpha value is -3.67. The average molecular weight is 373 g/mol. The molecule has 0 aliphatic heterocycles. The van der Waals surface area contributed by atoms with Crippen LogP contribution in [0.3, 0.4) is 0 Å². The largest absolute Gasteiger partial charge is 0.493 e. The van der Waals surface area contributed by atoms with E-state index < -0.39 is 5.91 Å². The monoisotopic (exact) mass is 373 g/mol. The summed E-state index contributed by atoms with van der Waals surface area (Å²) in [6.45, 7) is 1.72. The third-order valence-electron chi connectivity index (χ3n) is 4.70. The van der Waals surface area contributed by atoms with Gasteiger partial charge in [0.15, 0.2) is 12.3 Å². The number of carbonyl (C=O) groups excluding carboxylic acids is 1. The van der Waals surface area contributed by atoms with Gasteiger partial charge < -0.3 is 14.4 Å². The predicted molar refractivity (Wildman–Crippen MR) is 108 cm³/mol. The molecule has 0 aliphatic rings. The molecule has 0 radical (unpaired) electrons. The molecule has 4 rings (SSSR count). The number of amides is 1. The molecule has 3 aromatic carbocycles. The van der Waals surface area contributed by atoms with Gasteiger partial charge in [-0.2, -0.15) is 0 Å². The summed E-state index contributed by atoms with van der Waals surface area (Å²) in [6.07, 6.45) is 0. The summed E-state index contributed by atoms with van der Waals surface area (Å²) in [5, 5.41) is 20.9. The molecule has 0 saturated heterocycles. The number of aryl methyl sites for hydroxylation is 2. The molecule has 1 amide bonds. The molecule has 0 unspecified atom stereocenters. The maximum atomic E-state index is 12.1. The summed E-state index contributed by atoms with van der Waals surface area (Å²) in [6, 6.07) is 19.2. The van der Waals surface area contributed by atoms with Crippen LogP contribution in [0, 0.1) is 6.92 Å². The second-order valence-electron chi connectivity index (χ2n) is 6.59.